The second kappa shape index (κ2) is 6.00. The van der Waals surface area contributed by atoms with Crippen molar-refractivity contribution in [1.29, 1.82) is 0 Å². The molecule has 0 spiro atoms. The number of hydrogen-bond acceptors (Lipinski definition) is 3. The van der Waals surface area contributed by atoms with Gasteiger partial charge in [-0.15, -0.1) is 0 Å². The van der Waals surface area contributed by atoms with Crippen LogP contribution in [0, 0.1) is 5.92 Å². The van der Waals surface area contributed by atoms with Crippen LogP contribution in [0.1, 0.15) is 48.9 Å². The van der Waals surface area contributed by atoms with E-state index in [1.54, 1.807) is 6.07 Å². The number of furan rings is 1. The lowest BCUT2D eigenvalue weighted by molar-refractivity contribution is 0.0671. The van der Waals surface area contributed by atoms with Crippen LogP contribution in [0.4, 0.5) is 0 Å². The molecule has 0 radical (unpaired) electrons. The molecule has 1 amide bonds. The predicted molar refractivity (Wildman–Crippen MR) is 77.7 cm³/mol. The number of rotatable bonds is 5. The standard InChI is InChI=1S/C16H24N2O2/c1-2-14-5-6-15(20-14)16(19)18-9-7-13(8-10-18)17-11-12-3-4-12/h5-6,12-13,17H,2-4,7-11H2,1H3. The highest BCUT2D eigenvalue weighted by atomic mass is 16.4. The van der Waals surface area contributed by atoms with E-state index in [0.29, 0.717) is 11.8 Å². The van der Waals surface area contributed by atoms with E-state index in [1.165, 1.54) is 12.8 Å². The molecule has 3 rings (SSSR count). The fourth-order valence-electron chi connectivity index (χ4n) is 2.78. The zero-order valence-corrected chi connectivity index (χ0v) is 12.2. The SMILES string of the molecule is CCc1ccc(C(=O)N2CCC(NCC3CC3)CC2)o1. The van der Waals surface area contributed by atoms with Crippen LogP contribution in [0.5, 0.6) is 0 Å². The van der Waals surface area contributed by atoms with Crippen molar-refractivity contribution >= 4 is 5.91 Å². The van der Waals surface area contributed by atoms with Gasteiger partial charge < -0.3 is 14.6 Å². The van der Waals surface area contributed by atoms with Gasteiger partial charge in [-0.2, -0.15) is 0 Å². The Bertz CT molecular complexity index is 457. The lowest BCUT2D eigenvalue weighted by Gasteiger charge is -2.32. The number of aryl methyl sites for hydroxylation is 1. The number of likely N-dealkylation sites (tertiary alicyclic amines) is 1. The molecule has 0 aromatic carbocycles. The van der Waals surface area contributed by atoms with E-state index >= 15 is 0 Å². The van der Waals surface area contributed by atoms with Crippen molar-refractivity contribution in [3.05, 3.63) is 23.7 Å². The summed E-state index contributed by atoms with van der Waals surface area (Å²) in [4.78, 5) is 14.2. The molecule has 2 heterocycles. The number of amides is 1. The first-order valence-corrected chi connectivity index (χ1v) is 7.87. The molecule has 1 aliphatic heterocycles. The van der Waals surface area contributed by atoms with Crippen LogP contribution in [0.3, 0.4) is 0 Å². The lowest BCUT2D eigenvalue weighted by atomic mass is 10.0. The van der Waals surface area contributed by atoms with Gasteiger partial charge >= 0.3 is 0 Å². The number of piperidine rings is 1. The van der Waals surface area contributed by atoms with Crippen molar-refractivity contribution in [1.82, 2.24) is 10.2 Å². The Hall–Kier alpha value is -1.29. The summed E-state index contributed by atoms with van der Waals surface area (Å²) in [6.45, 7) is 4.87. The van der Waals surface area contributed by atoms with Crippen LogP contribution in [0.2, 0.25) is 0 Å². The number of nitrogens with one attached hydrogen (secondary N) is 1. The van der Waals surface area contributed by atoms with Gasteiger partial charge in [0.25, 0.3) is 5.91 Å². The molecular formula is C16H24N2O2. The predicted octanol–water partition coefficient (Wildman–Crippen LogP) is 2.45. The second-order valence-corrected chi connectivity index (χ2v) is 6.04. The summed E-state index contributed by atoms with van der Waals surface area (Å²) >= 11 is 0. The minimum Gasteiger partial charge on any atom is -0.456 e. The van der Waals surface area contributed by atoms with E-state index in [2.05, 4.69) is 5.32 Å². The summed E-state index contributed by atoms with van der Waals surface area (Å²) in [5, 5.41) is 3.63. The Morgan fingerprint density at radius 3 is 2.65 bits per heavy atom. The fraction of sp³-hybridized carbons (Fsp3) is 0.688. The Labute approximate surface area is 120 Å². The molecule has 4 heteroatoms. The molecule has 2 aliphatic rings. The van der Waals surface area contributed by atoms with Crippen LogP contribution >= 0.6 is 0 Å². The second-order valence-electron chi connectivity index (χ2n) is 6.04. The largest absolute Gasteiger partial charge is 0.456 e. The molecule has 0 bridgehead atoms. The average Bonchev–Trinajstić information content (AvgIpc) is 3.20. The van der Waals surface area contributed by atoms with Gasteiger partial charge in [0.15, 0.2) is 5.76 Å². The van der Waals surface area contributed by atoms with Gasteiger partial charge in [0.1, 0.15) is 5.76 Å². The van der Waals surface area contributed by atoms with Crippen LogP contribution in [-0.2, 0) is 6.42 Å². The number of hydrogen-bond donors (Lipinski definition) is 1. The zero-order valence-electron chi connectivity index (χ0n) is 12.2. The Morgan fingerprint density at radius 1 is 1.30 bits per heavy atom. The molecule has 1 N–H and O–H groups in total. The van der Waals surface area contributed by atoms with Gasteiger partial charge in [0, 0.05) is 25.6 Å². The topological polar surface area (TPSA) is 45.5 Å². The molecule has 110 valence electrons. The van der Waals surface area contributed by atoms with Crippen LogP contribution in [-0.4, -0.2) is 36.5 Å². The molecule has 1 aromatic heterocycles. The van der Waals surface area contributed by atoms with E-state index in [-0.39, 0.29) is 5.91 Å². The average molecular weight is 276 g/mol. The molecule has 1 saturated heterocycles. The third-order valence-electron chi connectivity index (χ3n) is 4.40. The lowest BCUT2D eigenvalue weighted by Crippen LogP contribution is -2.45. The smallest absolute Gasteiger partial charge is 0.289 e. The number of nitrogens with zero attached hydrogens (tertiary/aromatic N) is 1. The van der Waals surface area contributed by atoms with E-state index < -0.39 is 0 Å². The molecule has 1 saturated carbocycles. The summed E-state index contributed by atoms with van der Waals surface area (Å²) in [5.41, 5.74) is 0. The Morgan fingerprint density at radius 2 is 2.05 bits per heavy atom. The van der Waals surface area contributed by atoms with Gasteiger partial charge in [-0.25, -0.2) is 0 Å². The maximum Gasteiger partial charge on any atom is 0.289 e. The first-order valence-electron chi connectivity index (χ1n) is 7.87. The van der Waals surface area contributed by atoms with Crippen molar-refractivity contribution < 1.29 is 9.21 Å². The van der Waals surface area contributed by atoms with Crippen LogP contribution in [0.25, 0.3) is 0 Å². The third kappa shape index (κ3) is 3.23. The first kappa shape index (κ1) is 13.7. The molecule has 20 heavy (non-hydrogen) atoms. The molecule has 4 nitrogen and oxygen atoms in total. The molecule has 0 unspecified atom stereocenters. The minimum atomic E-state index is 0.0466. The summed E-state index contributed by atoms with van der Waals surface area (Å²) < 4.78 is 5.56. The van der Waals surface area contributed by atoms with E-state index in [4.69, 9.17) is 4.42 Å². The number of carbonyl (C=O) groups excluding carboxylic acids is 1. The first-order chi connectivity index (χ1) is 9.76. The highest BCUT2D eigenvalue weighted by Gasteiger charge is 2.27. The maximum absolute atomic E-state index is 12.3. The Balaban J connectivity index is 1.47. The number of carbonyl (C=O) groups is 1. The summed E-state index contributed by atoms with van der Waals surface area (Å²) in [7, 11) is 0. The van der Waals surface area contributed by atoms with E-state index in [1.807, 2.05) is 17.9 Å². The van der Waals surface area contributed by atoms with Crippen molar-refractivity contribution in [3.63, 3.8) is 0 Å². The van der Waals surface area contributed by atoms with Crippen molar-refractivity contribution in [2.24, 2.45) is 5.92 Å². The zero-order chi connectivity index (χ0) is 13.9. The molecular weight excluding hydrogens is 252 g/mol. The van der Waals surface area contributed by atoms with Gasteiger partial charge in [-0.05, 0) is 50.3 Å². The minimum absolute atomic E-state index is 0.0466. The van der Waals surface area contributed by atoms with Gasteiger partial charge in [0.2, 0.25) is 0 Å². The Kier molecular flexibility index (Phi) is 4.10. The third-order valence-corrected chi connectivity index (χ3v) is 4.40. The van der Waals surface area contributed by atoms with E-state index in [0.717, 1.165) is 50.6 Å². The highest BCUT2D eigenvalue weighted by Crippen LogP contribution is 2.28. The normalized spacial score (nSPS) is 20.4. The molecule has 1 aliphatic carbocycles. The summed E-state index contributed by atoms with van der Waals surface area (Å²) in [5.74, 6) is 2.34. The van der Waals surface area contributed by atoms with Crippen molar-refractivity contribution in [2.45, 2.75) is 45.1 Å². The van der Waals surface area contributed by atoms with E-state index in [9.17, 15) is 4.79 Å². The molecule has 0 atom stereocenters. The summed E-state index contributed by atoms with van der Waals surface area (Å²) in [6.07, 6.45) is 5.73. The van der Waals surface area contributed by atoms with Gasteiger partial charge in [-0.3, -0.25) is 4.79 Å². The van der Waals surface area contributed by atoms with Gasteiger partial charge in [-0.1, -0.05) is 6.92 Å². The van der Waals surface area contributed by atoms with Crippen molar-refractivity contribution in [2.75, 3.05) is 19.6 Å². The fourth-order valence-corrected chi connectivity index (χ4v) is 2.78. The summed E-state index contributed by atoms with van der Waals surface area (Å²) in [6, 6.07) is 4.29. The maximum atomic E-state index is 12.3. The monoisotopic (exact) mass is 276 g/mol. The van der Waals surface area contributed by atoms with Crippen molar-refractivity contribution in [3.8, 4) is 0 Å². The van der Waals surface area contributed by atoms with Crippen LogP contribution < -0.4 is 5.32 Å². The highest BCUT2D eigenvalue weighted by molar-refractivity contribution is 5.91. The van der Waals surface area contributed by atoms with Crippen LogP contribution in [0.15, 0.2) is 16.5 Å². The van der Waals surface area contributed by atoms with Gasteiger partial charge in [0.05, 0.1) is 0 Å². The molecule has 2 fully saturated rings. The quantitative estimate of drug-likeness (QED) is 0.898. The molecule has 1 aromatic rings.